The Bertz CT molecular complexity index is 565. The zero-order valence-corrected chi connectivity index (χ0v) is 11.1. The van der Waals surface area contributed by atoms with E-state index in [1.54, 1.807) is 11.3 Å². The third-order valence-corrected chi connectivity index (χ3v) is 4.21. The standard InChI is InChI=1S/C13H15N3O2S/c17-8-5-10(14-6-8)13(18)15-7-12-16-9-3-1-2-4-11(9)19-12/h1-4,8,10,14,17H,5-7H2,(H,15,18)/t8-,10+/m1/s1. The Morgan fingerprint density at radius 2 is 2.37 bits per heavy atom. The van der Waals surface area contributed by atoms with E-state index in [0.29, 0.717) is 19.5 Å². The zero-order valence-electron chi connectivity index (χ0n) is 10.3. The van der Waals surface area contributed by atoms with Crippen LogP contribution in [0.2, 0.25) is 0 Å². The summed E-state index contributed by atoms with van der Waals surface area (Å²) in [5.74, 6) is -0.0733. The Balaban J connectivity index is 1.61. The summed E-state index contributed by atoms with van der Waals surface area (Å²) in [6.07, 6.45) is 0.0595. The molecule has 100 valence electrons. The molecule has 0 saturated carbocycles. The van der Waals surface area contributed by atoms with Crippen molar-refractivity contribution in [2.24, 2.45) is 0 Å². The number of rotatable bonds is 3. The van der Waals surface area contributed by atoms with Gasteiger partial charge < -0.3 is 15.7 Å². The molecule has 1 fully saturated rings. The second-order valence-electron chi connectivity index (χ2n) is 4.64. The summed E-state index contributed by atoms with van der Waals surface area (Å²) < 4.78 is 1.13. The maximum Gasteiger partial charge on any atom is 0.237 e. The fourth-order valence-electron chi connectivity index (χ4n) is 2.20. The number of β-amino-alcohol motifs (C(OH)–C–C–N with tert-alkyl or cyclic N) is 1. The first-order valence-corrected chi connectivity index (χ1v) is 7.07. The number of fused-ring (bicyclic) bond motifs is 1. The van der Waals surface area contributed by atoms with E-state index in [9.17, 15) is 9.90 Å². The summed E-state index contributed by atoms with van der Waals surface area (Å²) in [7, 11) is 0. The van der Waals surface area contributed by atoms with Crippen molar-refractivity contribution in [2.75, 3.05) is 6.54 Å². The molecule has 3 N–H and O–H groups in total. The Morgan fingerprint density at radius 3 is 3.11 bits per heavy atom. The van der Waals surface area contributed by atoms with Crippen molar-refractivity contribution in [3.8, 4) is 0 Å². The second kappa shape index (κ2) is 5.24. The van der Waals surface area contributed by atoms with Gasteiger partial charge in [-0.05, 0) is 18.6 Å². The highest BCUT2D eigenvalue weighted by Crippen LogP contribution is 2.21. The van der Waals surface area contributed by atoms with Gasteiger partial charge >= 0.3 is 0 Å². The lowest BCUT2D eigenvalue weighted by Crippen LogP contribution is -2.39. The molecule has 2 atom stereocenters. The van der Waals surface area contributed by atoms with E-state index in [0.717, 1.165) is 15.2 Å². The van der Waals surface area contributed by atoms with Crippen LogP contribution in [0.3, 0.4) is 0 Å². The largest absolute Gasteiger partial charge is 0.392 e. The van der Waals surface area contributed by atoms with Crippen molar-refractivity contribution in [3.05, 3.63) is 29.3 Å². The summed E-state index contributed by atoms with van der Waals surface area (Å²) in [6, 6.07) is 7.63. The van der Waals surface area contributed by atoms with Crippen LogP contribution in [-0.4, -0.2) is 34.7 Å². The van der Waals surface area contributed by atoms with Crippen LogP contribution in [0.5, 0.6) is 0 Å². The highest BCUT2D eigenvalue weighted by Gasteiger charge is 2.27. The predicted octanol–water partition coefficient (Wildman–Crippen LogP) is 0.635. The molecular formula is C13H15N3O2S. The third-order valence-electron chi connectivity index (χ3n) is 3.18. The molecule has 0 aliphatic carbocycles. The van der Waals surface area contributed by atoms with E-state index in [-0.39, 0.29) is 11.9 Å². The number of aromatic nitrogens is 1. The average Bonchev–Trinajstić information content (AvgIpc) is 3.01. The fourth-order valence-corrected chi connectivity index (χ4v) is 3.11. The molecule has 5 nitrogen and oxygen atoms in total. The van der Waals surface area contributed by atoms with Crippen LogP contribution >= 0.6 is 11.3 Å². The van der Waals surface area contributed by atoms with Gasteiger partial charge in [0, 0.05) is 6.54 Å². The Labute approximate surface area is 114 Å². The van der Waals surface area contributed by atoms with Gasteiger partial charge in [0.1, 0.15) is 5.01 Å². The maximum atomic E-state index is 11.9. The third kappa shape index (κ3) is 2.75. The number of carbonyl (C=O) groups is 1. The minimum Gasteiger partial charge on any atom is -0.392 e. The number of aliphatic hydroxyl groups is 1. The molecule has 1 amide bonds. The minimum atomic E-state index is -0.418. The van der Waals surface area contributed by atoms with Gasteiger partial charge in [0.25, 0.3) is 0 Å². The molecule has 1 saturated heterocycles. The molecular weight excluding hydrogens is 262 g/mol. The zero-order chi connectivity index (χ0) is 13.2. The number of amides is 1. The summed E-state index contributed by atoms with van der Waals surface area (Å²) in [6.45, 7) is 0.922. The van der Waals surface area contributed by atoms with Crippen LogP contribution in [-0.2, 0) is 11.3 Å². The number of nitrogens with zero attached hydrogens (tertiary/aromatic N) is 1. The predicted molar refractivity (Wildman–Crippen MR) is 73.9 cm³/mol. The van der Waals surface area contributed by atoms with Crippen LogP contribution in [0.1, 0.15) is 11.4 Å². The number of carbonyl (C=O) groups excluding carboxylic acids is 1. The van der Waals surface area contributed by atoms with Crippen molar-refractivity contribution in [2.45, 2.75) is 25.1 Å². The van der Waals surface area contributed by atoms with Crippen molar-refractivity contribution in [3.63, 3.8) is 0 Å². The number of benzene rings is 1. The molecule has 2 aromatic rings. The quantitative estimate of drug-likeness (QED) is 0.769. The lowest BCUT2D eigenvalue weighted by atomic mass is 10.2. The van der Waals surface area contributed by atoms with Gasteiger partial charge in [-0.2, -0.15) is 0 Å². The number of nitrogens with one attached hydrogen (secondary N) is 2. The highest BCUT2D eigenvalue weighted by atomic mass is 32.1. The van der Waals surface area contributed by atoms with Gasteiger partial charge in [0.2, 0.25) is 5.91 Å². The number of hydrogen-bond acceptors (Lipinski definition) is 5. The Kier molecular flexibility index (Phi) is 3.46. The summed E-state index contributed by atoms with van der Waals surface area (Å²) in [4.78, 5) is 16.3. The van der Waals surface area contributed by atoms with Crippen molar-refractivity contribution in [1.82, 2.24) is 15.6 Å². The van der Waals surface area contributed by atoms with Crippen LogP contribution < -0.4 is 10.6 Å². The van der Waals surface area contributed by atoms with Gasteiger partial charge in [-0.15, -0.1) is 11.3 Å². The lowest BCUT2D eigenvalue weighted by Gasteiger charge is -2.09. The van der Waals surface area contributed by atoms with Crippen molar-refractivity contribution < 1.29 is 9.90 Å². The molecule has 6 heteroatoms. The van der Waals surface area contributed by atoms with Gasteiger partial charge in [-0.25, -0.2) is 4.98 Å². The van der Waals surface area contributed by atoms with Gasteiger partial charge in [0.05, 0.1) is 28.9 Å². The summed E-state index contributed by atoms with van der Waals surface area (Å²) in [5, 5.41) is 16.1. The number of hydrogen-bond donors (Lipinski definition) is 3. The van der Waals surface area contributed by atoms with E-state index in [4.69, 9.17) is 0 Å². The SMILES string of the molecule is O=C(NCc1nc2ccccc2s1)[C@@H]1C[C@@H](O)CN1. The van der Waals surface area contributed by atoms with Crippen LogP contribution in [0.4, 0.5) is 0 Å². The first-order valence-electron chi connectivity index (χ1n) is 6.26. The smallest absolute Gasteiger partial charge is 0.237 e. The lowest BCUT2D eigenvalue weighted by molar-refractivity contribution is -0.123. The Morgan fingerprint density at radius 1 is 1.53 bits per heavy atom. The van der Waals surface area contributed by atoms with Crippen molar-refractivity contribution >= 4 is 27.5 Å². The molecule has 3 rings (SSSR count). The van der Waals surface area contributed by atoms with Gasteiger partial charge in [0.15, 0.2) is 0 Å². The highest BCUT2D eigenvalue weighted by molar-refractivity contribution is 7.18. The number of para-hydroxylation sites is 1. The molecule has 0 bridgehead atoms. The minimum absolute atomic E-state index is 0.0733. The van der Waals surface area contributed by atoms with E-state index in [1.165, 1.54) is 0 Å². The van der Waals surface area contributed by atoms with Crippen molar-refractivity contribution in [1.29, 1.82) is 0 Å². The van der Waals surface area contributed by atoms with Crippen LogP contribution in [0, 0.1) is 0 Å². The topological polar surface area (TPSA) is 74.2 Å². The average molecular weight is 277 g/mol. The molecule has 1 aromatic heterocycles. The first-order chi connectivity index (χ1) is 9.22. The normalized spacial score (nSPS) is 22.8. The van der Waals surface area contributed by atoms with E-state index in [2.05, 4.69) is 15.6 Å². The van der Waals surface area contributed by atoms with E-state index < -0.39 is 6.10 Å². The molecule has 0 unspecified atom stereocenters. The monoisotopic (exact) mass is 277 g/mol. The molecule has 0 radical (unpaired) electrons. The molecule has 1 aliphatic heterocycles. The number of thiazole rings is 1. The first kappa shape index (κ1) is 12.5. The van der Waals surface area contributed by atoms with Crippen LogP contribution in [0.15, 0.2) is 24.3 Å². The number of aliphatic hydroxyl groups excluding tert-OH is 1. The maximum absolute atomic E-state index is 11.9. The van der Waals surface area contributed by atoms with E-state index in [1.807, 2.05) is 24.3 Å². The van der Waals surface area contributed by atoms with E-state index >= 15 is 0 Å². The van der Waals surface area contributed by atoms with Crippen LogP contribution in [0.25, 0.3) is 10.2 Å². The summed E-state index contributed by atoms with van der Waals surface area (Å²) >= 11 is 1.59. The van der Waals surface area contributed by atoms with Gasteiger partial charge in [-0.3, -0.25) is 4.79 Å². The molecule has 1 aliphatic rings. The van der Waals surface area contributed by atoms with Gasteiger partial charge in [-0.1, -0.05) is 12.1 Å². The second-order valence-corrected chi connectivity index (χ2v) is 5.76. The molecule has 0 spiro atoms. The molecule has 19 heavy (non-hydrogen) atoms. The summed E-state index contributed by atoms with van der Waals surface area (Å²) in [5.41, 5.74) is 0.964. The molecule has 1 aromatic carbocycles. The Hall–Kier alpha value is -1.50. The fraction of sp³-hybridized carbons (Fsp3) is 0.385. The molecule has 2 heterocycles.